The molecule has 1 fully saturated rings. The number of phenols is 1. The minimum atomic E-state index is -0.900. The first-order valence-corrected chi connectivity index (χ1v) is 14.4. The quantitative estimate of drug-likeness (QED) is 0.104. The summed E-state index contributed by atoms with van der Waals surface area (Å²) in [5.41, 5.74) is 2.45. The van der Waals surface area contributed by atoms with Crippen molar-refractivity contribution in [3.05, 3.63) is 137 Å². The minimum absolute atomic E-state index is 0.0575. The number of rotatable bonds is 12. The third-order valence-corrected chi connectivity index (χ3v) is 7.37. The fourth-order valence-corrected chi connectivity index (χ4v) is 4.97. The number of aliphatic hydroxyl groups excluding tert-OH is 1. The number of ether oxygens (including phenoxy) is 3. The van der Waals surface area contributed by atoms with Crippen LogP contribution >= 0.6 is 0 Å². The van der Waals surface area contributed by atoms with E-state index in [1.54, 1.807) is 62.8 Å². The van der Waals surface area contributed by atoms with Gasteiger partial charge in [0.25, 0.3) is 5.91 Å². The van der Waals surface area contributed by atoms with Crippen LogP contribution in [0.15, 0.2) is 121 Å². The van der Waals surface area contributed by atoms with Gasteiger partial charge in [-0.25, -0.2) is 0 Å². The molecule has 0 spiro atoms. The predicted octanol–water partition coefficient (Wildman–Crippen LogP) is 6.52. The van der Waals surface area contributed by atoms with Gasteiger partial charge < -0.3 is 29.3 Å². The van der Waals surface area contributed by atoms with Crippen LogP contribution in [0.3, 0.4) is 0 Å². The van der Waals surface area contributed by atoms with E-state index in [2.05, 4.69) is 0 Å². The van der Waals surface area contributed by atoms with Crippen molar-refractivity contribution in [2.24, 2.45) is 0 Å². The lowest BCUT2D eigenvalue weighted by molar-refractivity contribution is -0.127. The molecule has 0 aromatic heterocycles. The third-order valence-electron chi connectivity index (χ3n) is 7.37. The van der Waals surface area contributed by atoms with Gasteiger partial charge in [0.2, 0.25) is 0 Å². The van der Waals surface area contributed by atoms with Gasteiger partial charge in [-0.15, -0.1) is 0 Å². The van der Waals surface area contributed by atoms with Crippen molar-refractivity contribution in [3.63, 3.8) is 0 Å². The molecule has 0 unspecified atom stereocenters. The van der Waals surface area contributed by atoms with Crippen LogP contribution in [0.1, 0.15) is 23.6 Å². The zero-order valence-electron chi connectivity index (χ0n) is 25.8. The number of benzene rings is 3. The monoisotopic (exact) mass is 607 g/mol. The number of phenolic OH excluding ortho intramolecular Hbond substituents is 1. The number of methoxy groups -OCH3 is 3. The molecule has 3 aromatic carbocycles. The van der Waals surface area contributed by atoms with Gasteiger partial charge >= 0.3 is 0 Å². The molecule has 3 aromatic rings. The van der Waals surface area contributed by atoms with Crippen molar-refractivity contribution in [3.8, 4) is 23.0 Å². The largest absolute Gasteiger partial charge is 0.508 e. The molecule has 1 amide bonds. The Morgan fingerprint density at radius 2 is 1.51 bits per heavy atom. The molecule has 2 N–H and O–H groups in total. The van der Waals surface area contributed by atoms with Crippen LogP contribution < -0.4 is 14.2 Å². The zero-order valence-corrected chi connectivity index (χ0v) is 25.8. The van der Waals surface area contributed by atoms with Crippen LogP contribution in [0.25, 0.3) is 5.57 Å². The molecule has 1 aliphatic heterocycles. The lowest BCUT2D eigenvalue weighted by Crippen LogP contribution is -2.36. The van der Waals surface area contributed by atoms with Gasteiger partial charge in [0.05, 0.1) is 27.9 Å². The molecule has 0 bridgehead atoms. The van der Waals surface area contributed by atoms with Gasteiger partial charge in [-0.2, -0.15) is 0 Å². The van der Waals surface area contributed by atoms with Gasteiger partial charge in [-0.3, -0.25) is 9.59 Å². The molecule has 1 heterocycles. The molecule has 1 aliphatic rings. The average Bonchev–Trinajstić information content (AvgIpc) is 3.29. The highest BCUT2D eigenvalue weighted by Gasteiger charge is 2.45. The molecular weight excluding hydrogens is 570 g/mol. The van der Waals surface area contributed by atoms with Crippen LogP contribution in [0.2, 0.25) is 0 Å². The molecule has 45 heavy (non-hydrogen) atoms. The van der Waals surface area contributed by atoms with E-state index in [4.69, 9.17) is 14.2 Å². The summed E-state index contributed by atoms with van der Waals surface area (Å²) in [4.78, 5) is 29.4. The Morgan fingerprint density at radius 3 is 2.16 bits per heavy atom. The second-order valence-electron chi connectivity index (χ2n) is 10.2. The summed E-state index contributed by atoms with van der Waals surface area (Å²) in [6.07, 6.45) is 12.7. The first kappa shape index (κ1) is 32.4. The molecule has 1 atom stereocenters. The molecule has 8 nitrogen and oxygen atoms in total. The van der Waals surface area contributed by atoms with E-state index < -0.39 is 23.5 Å². The Bertz CT molecular complexity index is 1660. The highest BCUT2D eigenvalue weighted by atomic mass is 16.5. The summed E-state index contributed by atoms with van der Waals surface area (Å²) >= 11 is 0. The highest BCUT2D eigenvalue weighted by molar-refractivity contribution is 6.27. The summed E-state index contributed by atoms with van der Waals surface area (Å²) in [7, 11) is 4.65. The summed E-state index contributed by atoms with van der Waals surface area (Å²) < 4.78 is 16.1. The van der Waals surface area contributed by atoms with E-state index in [0.29, 0.717) is 28.4 Å². The smallest absolute Gasteiger partial charge is 0.262 e. The first-order chi connectivity index (χ1) is 21.8. The van der Waals surface area contributed by atoms with Crippen LogP contribution in [-0.2, 0) is 22.6 Å². The topological polar surface area (TPSA) is 106 Å². The van der Waals surface area contributed by atoms with Crippen molar-refractivity contribution in [2.45, 2.75) is 25.9 Å². The molecule has 1 saturated heterocycles. The number of nitrogens with zero attached hydrogens (tertiary/aromatic N) is 1. The van der Waals surface area contributed by atoms with Crippen molar-refractivity contribution in [1.82, 2.24) is 4.90 Å². The SMILES string of the molecule is C/C=C/C=C/C=C/C(=C\C(O)=C1/C(=O)[C@H](Cc2ccc(O)cc2)N(Cc2ccc(OC)cc2OC)C1=O)c1ccc(OC)cc1. The normalized spacial score (nSPS) is 16.8. The Labute approximate surface area is 263 Å². The second-order valence-corrected chi connectivity index (χ2v) is 10.2. The number of amides is 1. The molecular formula is C37H37NO7. The molecule has 4 rings (SSSR count). The fraction of sp³-hybridized carbons (Fsp3) is 0.189. The van der Waals surface area contributed by atoms with Gasteiger partial charge in [0.1, 0.15) is 40.4 Å². The number of hydrogen-bond acceptors (Lipinski definition) is 7. The fourth-order valence-electron chi connectivity index (χ4n) is 4.97. The van der Waals surface area contributed by atoms with E-state index in [0.717, 1.165) is 11.1 Å². The van der Waals surface area contributed by atoms with Gasteiger partial charge in [-0.05, 0) is 66.1 Å². The molecule has 0 aliphatic carbocycles. The van der Waals surface area contributed by atoms with Crippen molar-refractivity contribution < 1.29 is 34.0 Å². The molecule has 8 heteroatoms. The first-order valence-electron chi connectivity index (χ1n) is 14.4. The number of ketones is 1. The molecule has 232 valence electrons. The van der Waals surface area contributed by atoms with Crippen molar-refractivity contribution in [1.29, 1.82) is 0 Å². The zero-order chi connectivity index (χ0) is 32.3. The van der Waals surface area contributed by atoms with Gasteiger partial charge in [0, 0.05) is 18.1 Å². The van der Waals surface area contributed by atoms with Crippen LogP contribution in [0, 0.1) is 0 Å². The summed E-state index contributed by atoms with van der Waals surface area (Å²) in [5.74, 6) is 0.316. The van der Waals surface area contributed by atoms with Gasteiger partial charge in [-0.1, -0.05) is 60.7 Å². The van der Waals surface area contributed by atoms with E-state index in [-0.39, 0.29) is 24.3 Å². The highest BCUT2D eigenvalue weighted by Crippen LogP contribution is 2.33. The maximum atomic E-state index is 14.0. The number of aromatic hydroxyl groups is 1. The lowest BCUT2D eigenvalue weighted by Gasteiger charge is -2.24. The molecule has 0 saturated carbocycles. The summed E-state index contributed by atoms with van der Waals surface area (Å²) in [6.45, 7) is 1.97. The maximum absolute atomic E-state index is 14.0. The van der Waals surface area contributed by atoms with Crippen LogP contribution in [0.4, 0.5) is 0 Å². The standard InChI is InChI=1S/C37H37NO7/c1-5-6-7-8-9-10-27(26-13-18-30(43-2)19-14-26)22-33(40)35-36(41)32(21-25-11-16-29(39)17-12-25)38(37(35)42)24-28-15-20-31(44-3)23-34(28)45-4/h5-20,22-23,32,39-40H,21,24H2,1-4H3/b6-5+,8-7+,10-9+,27-22+,35-33-/t32-/m0/s1. The minimum Gasteiger partial charge on any atom is -0.508 e. The third kappa shape index (κ3) is 7.92. The van der Waals surface area contributed by atoms with Crippen molar-refractivity contribution in [2.75, 3.05) is 21.3 Å². The van der Waals surface area contributed by atoms with Crippen molar-refractivity contribution >= 4 is 17.3 Å². The number of likely N-dealkylation sites (tertiary alicyclic amines) is 1. The Morgan fingerprint density at radius 1 is 0.844 bits per heavy atom. The number of hydrogen-bond donors (Lipinski definition) is 2. The Hall–Kier alpha value is -5.50. The second kappa shape index (κ2) is 15.3. The lowest BCUT2D eigenvalue weighted by atomic mass is 9.99. The average molecular weight is 608 g/mol. The van der Waals surface area contributed by atoms with E-state index in [1.165, 1.54) is 30.2 Å². The summed E-state index contributed by atoms with van der Waals surface area (Å²) in [6, 6.07) is 18.1. The van der Waals surface area contributed by atoms with Gasteiger partial charge in [0.15, 0.2) is 5.78 Å². The summed E-state index contributed by atoms with van der Waals surface area (Å²) in [5, 5.41) is 21.2. The number of carbonyl (C=O) groups excluding carboxylic acids is 2. The van der Waals surface area contributed by atoms with Crippen LogP contribution in [0.5, 0.6) is 23.0 Å². The molecule has 0 radical (unpaired) electrons. The number of carbonyl (C=O) groups is 2. The maximum Gasteiger partial charge on any atom is 0.262 e. The number of allylic oxidation sites excluding steroid dienone is 8. The number of Topliss-reactive ketones (excluding diaryl/α,β-unsaturated/α-hetero) is 1. The Kier molecular flexibility index (Phi) is 11.0. The van der Waals surface area contributed by atoms with E-state index in [1.807, 2.05) is 49.4 Å². The van der Waals surface area contributed by atoms with E-state index >= 15 is 0 Å². The Balaban J connectivity index is 1.79. The van der Waals surface area contributed by atoms with E-state index in [9.17, 15) is 19.8 Å². The number of aliphatic hydroxyl groups is 1. The predicted molar refractivity (Wildman–Crippen MR) is 174 cm³/mol. The van der Waals surface area contributed by atoms with Crippen LogP contribution in [-0.4, -0.2) is 54.2 Å².